The van der Waals surface area contributed by atoms with Crippen molar-refractivity contribution in [3.05, 3.63) is 119 Å². The summed E-state index contributed by atoms with van der Waals surface area (Å²) in [4.78, 5) is 0. The second-order valence-electron chi connectivity index (χ2n) is 7.39. The molecule has 0 bridgehead atoms. The van der Waals surface area contributed by atoms with Crippen LogP contribution in [0.4, 0.5) is 0 Å². The van der Waals surface area contributed by atoms with Crippen LogP contribution < -0.4 is 0 Å². The van der Waals surface area contributed by atoms with Gasteiger partial charge in [0.05, 0.1) is 24.3 Å². The second kappa shape index (κ2) is 8.08. The van der Waals surface area contributed by atoms with Gasteiger partial charge in [-0.2, -0.15) is 21.0 Å². The topological polar surface area (TPSA) is 95.2 Å². The van der Waals surface area contributed by atoms with Crippen LogP contribution >= 0.6 is 0 Å². The molecule has 0 atom stereocenters. The molecule has 0 saturated carbocycles. The van der Waals surface area contributed by atoms with Gasteiger partial charge in [0.1, 0.15) is 0 Å². The van der Waals surface area contributed by atoms with Gasteiger partial charge < -0.3 is 0 Å². The highest BCUT2D eigenvalue weighted by Gasteiger charge is 2.39. The Morgan fingerprint density at radius 3 is 1.06 bits per heavy atom. The molecule has 4 heteroatoms. The van der Waals surface area contributed by atoms with Gasteiger partial charge in [0.2, 0.25) is 0 Å². The van der Waals surface area contributed by atoms with E-state index >= 15 is 0 Å². The fourth-order valence-corrected chi connectivity index (χ4v) is 4.20. The molecular weight excluding hydrogens is 392 g/mol. The molecule has 0 unspecified atom stereocenters. The van der Waals surface area contributed by atoms with Gasteiger partial charge in [-0.3, -0.25) is 0 Å². The highest BCUT2D eigenvalue weighted by Crippen LogP contribution is 2.41. The number of hydrogen-bond donors (Lipinski definition) is 0. The van der Waals surface area contributed by atoms with Crippen LogP contribution in [0.1, 0.15) is 22.3 Å². The summed E-state index contributed by atoms with van der Waals surface area (Å²) in [6, 6.07) is 37.4. The highest BCUT2D eigenvalue weighted by molar-refractivity contribution is 5.93. The third kappa shape index (κ3) is 2.88. The summed E-state index contributed by atoms with van der Waals surface area (Å²) in [6.45, 7) is 0. The molecule has 4 aromatic carbocycles. The summed E-state index contributed by atoms with van der Waals surface area (Å²) in [5.41, 5.74) is -0.894. The molecule has 4 rings (SSSR count). The Bertz CT molecular complexity index is 1320. The molecule has 0 aliphatic carbocycles. The molecule has 0 aliphatic rings. The molecule has 0 radical (unpaired) electrons. The second-order valence-corrected chi connectivity index (χ2v) is 7.39. The first-order chi connectivity index (χ1) is 15.7. The van der Waals surface area contributed by atoms with Crippen molar-refractivity contribution in [3.63, 3.8) is 0 Å². The lowest BCUT2D eigenvalue weighted by Gasteiger charge is -2.25. The average Bonchev–Trinajstić information content (AvgIpc) is 2.88. The van der Waals surface area contributed by atoms with Crippen LogP contribution in [-0.2, 0) is 10.8 Å². The Kier molecular flexibility index (Phi) is 5.15. The first-order valence-electron chi connectivity index (χ1n) is 9.95. The van der Waals surface area contributed by atoms with E-state index in [-0.39, 0.29) is 0 Å². The molecule has 0 saturated heterocycles. The molecule has 0 aromatic heterocycles. The van der Waals surface area contributed by atoms with E-state index in [1.807, 2.05) is 24.3 Å². The lowest BCUT2D eigenvalue weighted by molar-refractivity contribution is 0.849. The standard InChI is InChI=1S/C28H16N4/c29-17-27(18-30,21-9-3-1-4-10-21)25-15-7-14-24-23(25)13-8-16-26(24)28(19-31,20-32)22-11-5-2-6-12-22/h1-16H. The third-order valence-corrected chi connectivity index (χ3v) is 5.81. The van der Waals surface area contributed by atoms with E-state index in [0.29, 0.717) is 33.0 Å². The Hall–Kier alpha value is -4.90. The molecule has 0 aliphatic heterocycles. The van der Waals surface area contributed by atoms with E-state index < -0.39 is 10.8 Å². The molecular formula is C28H16N4. The van der Waals surface area contributed by atoms with Crippen LogP contribution in [0.2, 0.25) is 0 Å². The van der Waals surface area contributed by atoms with Crippen LogP contribution in [0.3, 0.4) is 0 Å². The Balaban J connectivity index is 2.08. The molecule has 4 aromatic rings. The molecule has 0 amide bonds. The highest BCUT2D eigenvalue weighted by atomic mass is 14.5. The number of benzene rings is 4. The zero-order valence-corrected chi connectivity index (χ0v) is 17.0. The van der Waals surface area contributed by atoms with Gasteiger partial charge in [-0.05, 0) is 33.0 Å². The minimum Gasteiger partial charge on any atom is -0.196 e. The predicted molar refractivity (Wildman–Crippen MR) is 121 cm³/mol. The minimum absolute atomic E-state index is 0.519. The molecule has 4 nitrogen and oxygen atoms in total. The van der Waals surface area contributed by atoms with Crippen molar-refractivity contribution in [2.75, 3.05) is 0 Å². The molecule has 0 N–H and O–H groups in total. The van der Waals surface area contributed by atoms with Crippen molar-refractivity contribution in [2.24, 2.45) is 0 Å². The maximum absolute atomic E-state index is 10.2. The van der Waals surface area contributed by atoms with E-state index in [4.69, 9.17) is 0 Å². The van der Waals surface area contributed by atoms with Crippen molar-refractivity contribution in [3.8, 4) is 24.3 Å². The van der Waals surface area contributed by atoms with Gasteiger partial charge in [-0.25, -0.2) is 0 Å². The predicted octanol–water partition coefficient (Wildman–Crippen LogP) is 5.51. The first-order valence-corrected chi connectivity index (χ1v) is 9.95. The quantitative estimate of drug-likeness (QED) is 0.445. The Labute approximate surface area is 186 Å². The van der Waals surface area contributed by atoms with Gasteiger partial charge in [0, 0.05) is 0 Å². The minimum atomic E-state index is -1.53. The van der Waals surface area contributed by atoms with Crippen molar-refractivity contribution in [1.82, 2.24) is 0 Å². The van der Waals surface area contributed by atoms with E-state index in [0.717, 1.165) is 0 Å². The molecule has 148 valence electrons. The number of nitrogens with zero attached hydrogens (tertiary/aromatic N) is 4. The zero-order valence-electron chi connectivity index (χ0n) is 17.0. The van der Waals surface area contributed by atoms with Gasteiger partial charge in [-0.1, -0.05) is 97.1 Å². The Morgan fingerprint density at radius 1 is 0.406 bits per heavy atom. The number of hydrogen-bond acceptors (Lipinski definition) is 4. The van der Waals surface area contributed by atoms with Gasteiger partial charge >= 0.3 is 0 Å². The van der Waals surface area contributed by atoms with Crippen LogP contribution in [-0.4, -0.2) is 0 Å². The number of nitriles is 4. The summed E-state index contributed by atoms with van der Waals surface area (Å²) in [7, 11) is 0. The van der Waals surface area contributed by atoms with E-state index in [2.05, 4.69) is 24.3 Å². The zero-order chi connectivity index (χ0) is 22.6. The van der Waals surface area contributed by atoms with Gasteiger partial charge in [0.15, 0.2) is 10.8 Å². The summed E-state index contributed by atoms with van der Waals surface area (Å²) in [5, 5.41) is 42.0. The smallest absolute Gasteiger partial charge is 0.194 e. The van der Waals surface area contributed by atoms with Gasteiger partial charge in [-0.15, -0.1) is 0 Å². The van der Waals surface area contributed by atoms with Crippen molar-refractivity contribution in [1.29, 1.82) is 21.0 Å². The molecule has 32 heavy (non-hydrogen) atoms. The largest absolute Gasteiger partial charge is 0.196 e. The van der Waals surface area contributed by atoms with Crippen molar-refractivity contribution >= 4 is 10.8 Å². The maximum Gasteiger partial charge on any atom is 0.194 e. The summed E-state index contributed by atoms with van der Waals surface area (Å²) < 4.78 is 0. The van der Waals surface area contributed by atoms with E-state index in [1.54, 1.807) is 72.8 Å². The molecule has 0 heterocycles. The fraction of sp³-hybridized carbons (Fsp3) is 0.0714. The summed E-state index contributed by atoms with van der Waals surface area (Å²) in [5.74, 6) is 0. The average molecular weight is 408 g/mol. The monoisotopic (exact) mass is 408 g/mol. The SMILES string of the molecule is N#CC(C#N)(c1ccccc1)c1cccc2c(C(C#N)(C#N)c3ccccc3)cccc12. The fourth-order valence-electron chi connectivity index (χ4n) is 4.20. The van der Waals surface area contributed by atoms with Crippen LogP contribution in [0, 0.1) is 45.3 Å². The van der Waals surface area contributed by atoms with Crippen molar-refractivity contribution in [2.45, 2.75) is 10.8 Å². The van der Waals surface area contributed by atoms with E-state index in [1.165, 1.54) is 0 Å². The molecule has 0 fully saturated rings. The normalized spacial score (nSPS) is 11.0. The number of fused-ring (bicyclic) bond motifs is 1. The summed E-state index contributed by atoms with van der Waals surface area (Å²) in [6.07, 6.45) is 0. The lowest BCUT2D eigenvalue weighted by Crippen LogP contribution is -2.26. The van der Waals surface area contributed by atoms with Crippen LogP contribution in [0.25, 0.3) is 10.8 Å². The third-order valence-electron chi connectivity index (χ3n) is 5.81. The lowest BCUT2D eigenvalue weighted by atomic mass is 9.72. The number of rotatable bonds is 4. The van der Waals surface area contributed by atoms with E-state index in [9.17, 15) is 21.0 Å². The van der Waals surface area contributed by atoms with Crippen LogP contribution in [0.5, 0.6) is 0 Å². The Morgan fingerprint density at radius 2 is 0.750 bits per heavy atom. The van der Waals surface area contributed by atoms with Crippen molar-refractivity contribution < 1.29 is 0 Å². The first kappa shape index (κ1) is 20.4. The maximum atomic E-state index is 10.2. The molecule has 0 spiro atoms. The van der Waals surface area contributed by atoms with Crippen LogP contribution in [0.15, 0.2) is 97.1 Å². The summed E-state index contributed by atoms with van der Waals surface area (Å²) >= 11 is 0. The van der Waals surface area contributed by atoms with Gasteiger partial charge in [0.25, 0.3) is 0 Å².